The lowest BCUT2D eigenvalue weighted by atomic mass is 10.1. The molecule has 0 fully saturated rings. The zero-order valence-corrected chi connectivity index (χ0v) is 12.0. The highest BCUT2D eigenvalue weighted by atomic mass is 16.5. The first-order valence-corrected chi connectivity index (χ1v) is 6.82. The molecule has 0 aliphatic heterocycles. The molecule has 0 spiro atoms. The maximum absolute atomic E-state index is 5.09. The first kappa shape index (κ1) is 13.3. The number of aromatic nitrogens is 4. The quantitative estimate of drug-likeness (QED) is 0.737. The molecule has 5 heteroatoms. The van der Waals surface area contributed by atoms with E-state index >= 15 is 0 Å². The molecule has 2 aromatic heterocycles. The molecule has 0 aliphatic rings. The highest BCUT2D eigenvalue weighted by Crippen LogP contribution is 2.28. The van der Waals surface area contributed by atoms with Crippen molar-refractivity contribution in [3.63, 3.8) is 0 Å². The average Bonchev–Trinajstić information content (AvgIpc) is 3.00. The lowest BCUT2D eigenvalue weighted by Gasteiger charge is -2.02. The van der Waals surface area contributed by atoms with E-state index in [1.807, 2.05) is 49.4 Å². The Labute approximate surface area is 123 Å². The zero-order valence-electron chi connectivity index (χ0n) is 12.0. The molecule has 0 N–H and O–H groups in total. The molecule has 5 nitrogen and oxygen atoms in total. The summed E-state index contributed by atoms with van der Waals surface area (Å²) < 4.78 is 5.09. The fourth-order valence-electron chi connectivity index (χ4n) is 2.12. The Morgan fingerprint density at radius 3 is 2.24 bits per heavy atom. The van der Waals surface area contributed by atoms with Crippen LogP contribution in [0.15, 0.2) is 48.7 Å². The molecular weight excluding hydrogens is 264 g/mol. The van der Waals surface area contributed by atoms with Crippen LogP contribution in [0.25, 0.3) is 22.5 Å². The van der Waals surface area contributed by atoms with Crippen LogP contribution in [0.5, 0.6) is 5.88 Å². The molecule has 21 heavy (non-hydrogen) atoms. The fourth-order valence-corrected chi connectivity index (χ4v) is 2.12. The van der Waals surface area contributed by atoms with Crippen LogP contribution in [0.3, 0.4) is 0 Å². The van der Waals surface area contributed by atoms with Gasteiger partial charge in [-0.1, -0.05) is 30.3 Å². The number of pyridine rings is 1. The van der Waals surface area contributed by atoms with Gasteiger partial charge < -0.3 is 4.74 Å². The van der Waals surface area contributed by atoms with Crippen LogP contribution >= 0.6 is 0 Å². The summed E-state index contributed by atoms with van der Waals surface area (Å²) in [7, 11) is 1.60. The average molecular weight is 280 g/mol. The third-order valence-electron chi connectivity index (χ3n) is 3.20. The third kappa shape index (κ3) is 2.63. The maximum atomic E-state index is 5.09. The Morgan fingerprint density at radius 1 is 0.952 bits per heavy atom. The maximum Gasteiger partial charge on any atom is 0.212 e. The fraction of sp³-hybridized carbons (Fsp3) is 0.188. The second kappa shape index (κ2) is 5.75. The Balaban J connectivity index is 2.10. The van der Waals surface area contributed by atoms with E-state index in [2.05, 4.69) is 15.2 Å². The summed E-state index contributed by atoms with van der Waals surface area (Å²) in [6, 6.07) is 13.8. The Bertz CT molecular complexity index is 720. The predicted octanol–water partition coefficient (Wildman–Crippen LogP) is 3.04. The van der Waals surface area contributed by atoms with E-state index in [1.54, 1.807) is 18.1 Å². The van der Waals surface area contributed by atoms with E-state index in [4.69, 9.17) is 4.74 Å². The van der Waals surface area contributed by atoms with Gasteiger partial charge in [0.2, 0.25) is 5.88 Å². The van der Waals surface area contributed by atoms with Crippen molar-refractivity contribution in [1.29, 1.82) is 0 Å². The Hall–Kier alpha value is -2.69. The molecule has 0 unspecified atom stereocenters. The molecule has 3 rings (SSSR count). The monoisotopic (exact) mass is 280 g/mol. The second-order valence-electron chi connectivity index (χ2n) is 4.54. The lowest BCUT2D eigenvalue weighted by molar-refractivity contribution is 0.398. The molecule has 0 radical (unpaired) electrons. The minimum absolute atomic E-state index is 0.586. The summed E-state index contributed by atoms with van der Waals surface area (Å²) in [5.74, 6) is 0.586. The molecule has 106 valence electrons. The van der Waals surface area contributed by atoms with Crippen LogP contribution in [0.4, 0.5) is 0 Å². The molecule has 0 atom stereocenters. The van der Waals surface area contributed by atoms with Crippen molar-refractivity contribution in [3.8, 4) is 28.4 Å². The zero-order chi connectivity index (χ0) is 14.7. The van der Waals surface area contributed by atoms with E-state index in [-0.39, 0.29) is 0 Å². The minimum atomic E-state index is 0.586. The van der Waals surface area contributed by atoms with Gasteiger partial charge in [0.25, 0.3) is 0 Å². The summed E-state index contributed by atoms with van der Waals surface area (Å²) in [4.78, 5) is 5.94. The van der Waals surface area contributed by atoms with Gasteiger partial charge >= 0.3 is 0 Å². The molecule has 0 saturated carbocycles. The van der Waals surface area contributed by atoms with Crippen LogP contribution in [0.2, 0.25) is 0 Å². The molecule has 2 heterocycles. The van der Waals surface area contributed by atoms with Gasteiger partial charge in [-0.25, -0.2) is 4.98 Å². The number of nitrogens with zero attached hydrogens (tertiary/aromatic N) is 4. The van der Waals surface area contributed by atoms with Crippen molar-refractivity contribution < 1.29 is 4.74 Å². The van der Waals surface area contributed by atoms with Gasteiger partial charge in [0, 0.05) is 23.4 Å². The topological polar surface area (TPSA) is 52.8 Å². The van der Waals surface area contributed by atoms with Gasteiger partial charge in [-0.15, -0.1) is 0 Å². The summed E-state index contributed by atoms with van der Waals surface area (Å²) in [6.45, 7) is 2.74. The molecule has 1 aromatic carbocycles. The number of hydrogen-bond acceptors (Lipinski definition) is 4. The van der Waals surface area contributed by atoms with E-state index in [1.165, 1.54) is 0 Å². The van der Waals surface area contributed by atoms with E-state index in [0.717, 1.165) is 29.1 Å². The number of ether oxygens (including phenoxy) is 1. The Kier molecular flexibility index (Phi) is 3.64. The lowest BCUT2D eigenvalue weighted by Crippen LogP contribution is -1.98. The highest BCUT2D eigenvalue weighted by molar-refractivity contribution is 5.77. The van der Waals surface area contributed by atoms with Gasteiger partial charge in [0.1, 0.15) is 11.4 Å². The summed E-state index contributed by atoms with van der Waals surface area (Å²) in [5.41, 5.74) is 3.67. The number of hydrogen-bond donors (Lipinski definition) is 0. The molecule has 0 amide bonds. The minimum Gasteiger partial charge on any atom is -0.481 e. The largest absolute Gasteiger partial charge is 0.481 e. The first-order valence-electron chi connectivity index (χ1n) is 6.82. The molecule has 0 bridgehead atoms. The van der Waals surface area contributed by atoms with Gasteiger partial charge in [-0.05, 0) is 13.0 Å². The normalized spacial score (nSPS) is 10.6. The third-order valence-corrected chi connectivity index (χ3v) is 3.20. The number of methoxy groups -OCH3 is 1. The van der Waals surface area contributed by atoms with Crippen molar-refractivity contribution in [3.05, 3.63) is 48.7 Å². The van der Waals surface area contributed by atoms with Crippen LogP contribution in [0, 0.1) is 0 Å². The predicted molar refractivity (Wildman–Crippen MR) is 80.9 cm³/mol. The summed E-state index contributed by atoms with van der Waals surface area (Å²) >= 11 is 0. The first-order chi connectivity index (χ1) is 10.3. The number of benzene rings is 1. The van der Waals surface area contributed by atoms with Crippen molar-refractivity contribution in [1.82, 2.24) is 20.0 Å². The standard InChI is InChI=1S/C16H16N4O/c1-3-20-18-15(12-7-5-4-6-8-12)16(19-20)13-9-10-14(21-2)17-11-13/h4-11H,3H2,1-2H3. The number of rotatable bonds is 4. The van der Waals surface area contributed by atoms with E-state index < -0.39 is 0 Å². The van der Waals surface area contributed by atoms with Crippen molar-refractivity contribution >= 4 is 0 Å². The van der Waals surface area contributed by atoms with Gasteiger partial charge in [-0.3, -0.25) is 0 Å². The Morgan fingerprint density at radius 2 is 1.67 bits per heavy atom. The number of aryl methyl sites for hydroxylation is 1. The SMILES string of the molecule is CCn1nc(-c2ccccc2)c(-c2ccc(OC)nc2)n1. The van der Waals surface area contributed by atoms with Crippen LogP contribution in [0.1, 0.15) is 6.92 Å². The highest BCUT2D eigenvalue weighted by Gasteiger charge is 2.14. The van der Waals surface area contributed by atoms with E-state index in [0.29, 0.717) is 5.88 Å². The van der Waals surface area contributed by atoms with Gasteiger partial charge in [-0.2, -0.15) is 15.0 Å². The second-order valence-corrected chi connectivity index (χ2v) is 4.54. The van der Waals surface area contributed by atoms with Crippen molar-refractivity contribution in [2.75, 3.05) is 7.11 Å². The molecule has 3 aromatic rings. The van der Waals surface area contributed by atoms with Gasteiger partial charge in [0.05, 0.1) is 13.7 Å². The molecule has 0 saturated heterocycles. The van der Waals surface area contributed by atoms with Crippen molar-refractivity contribution in [2.45, 2.75) is 13.5 Å². The van der Waals surface area contributed by atoms with Gasteiger partial charge in [0.15, 0.2) is 0 Å². The van der Waals surface area contributed by atoms with Crippen LogP contribution < -0.4 is 4.74 Å². The smallest absolute Gasteiger partial charge is 0.212 e. The van der Waals surface area contributed by atoms with Crippen molar-refractivity contribution in [2.24, 2.45) is 0 Å². The van der Waals surface area contributed by atoms with Crippen LogP contribution in [-0.2, 0) is 6.54 Å². The molecular formula is C16H16N4O. The van der Waals surface area contributed by atoms with Crippen LogP contribution in [-0.4, -0.2) is 27.1 Å². The summed E-state index contributed by atoms with van der Waals surface area (Å²) in [5, 5.41) is 9.12. The van der Waals surface area contributed by atoms with E-state index in [9.17, 15) is 0 Å². The molecule has 0 aliphatic carbocycles. The summed E-state index contributed by atoms with van der Waals surface area (Å²) in [6.07, 6.45) is 1.76.